The number of hydrogen-bond donors (Lipinski definition) is 2. The van der Waals surface area contributed by atoms with Gasteiger partial charge in [-0.15, -0.1) is 0 Å². The lowest BCUT2D eigenvalue weighted by Crippen LogP contribution is -2.40. The Hall–Kier alpha value is -3.86. The Morgan fingerprint density at radius 1 is 1.02 bits per heavy atom. The first-order valence-corrected chi connectivity index (χ1v) is 14.5. The summed E-state index contributed by atoms with van der Waals surface area (Å²) in [4.78, 5) is 9.13. The number of methoxy groups -OCH3 is 1. The van der Waals surface area contributed by atoms with E-state index in [2.05, 4.69) is 15.3 Å². The van der Waals surface area contributed by atoms with Crippen molar-refractivity contribution < 1.29 is 17.5 Å². The molecule has 3 aromatic carbocycles. The molecule has 0 saturated carbocycles. The largest absolute Gasteiger partial charge is 0.496 e. The minimum absolute atomic E-state index is 0.125. The van der Waals surface area contributed by atoms with Gasteiger partial charge < -0.3 is 15.8 Å². The number of nitrogens with zero attached hydrogens (tertiary/aromatic N) is 3. The Balaban J connectivity index is 1.23. The van der Waals surface area contributed by atoms with Crippen LogP contribution in [0.4, 0.5) is 16.0 Å². The normalized spacial score (nSPS) is 15.5. The fraction of sp³-hybridized carbons (Fsp3) is 0.267. The molecule has 2 heterocycles. The zero-order valence-electron chi connectivity index (χ0n) is 22.4. The average Bonchev–Trinajstić information content (AvgIpc) is 2.98. The van der Waals surface area contributed by atoms with Gasteiger partial charge in [-0.3, -0.25) is 0 Å². The van der Waals surface area contributed by atoms with Crippen LogP contribution in [-0.4, -0.2) is 42.9 Å². The Morgan fingerprint density at radius 3 is 2.40 bits per heavy atom. The van der Waals surface area contributed by atoms with Crippen LogP contribution >= 0.6 is 0 Å². The molecule has 5 rings (SSSR count). The Labute approximate surface area is 234 Å². The van der Waals surface area contributed by atoms with Gasteiger partial charge in [0, 0.05) is 36.6 Å². The number of sulfonamides is 1. The summed E-state index contributed by atoms with van der Waals surface area (Å²) in [5, 5.41) is 3.15. The molecule has 0 radical (unpaired) electrons. The molecule has 1 aliphatic rings. The minimum Gasteiger partial charge on any atom is -0.496 e. The molecule has 0 bridgehead atoms. The first kappa shape index (κ1) is 27.7. The van der Waals surface area contributed by atoms with E-state index in [1.807, 2.05) is 31.2 Å². The summed E-state index contributed by atoms with van der Waals surface area (Å²) in [6, 6.07) is 20.2. The smallest absolute Gasteiger partial charge is 0.243 e. The van der Waals surface area contributed by atoms with Crippen LogP contribution in [-0.2, 0) is 10.0 Å². The van der Waals surface area contributed by atoms with Crippen molar-refractivity contribution in [1.82, 2.24) is 14.3 Å². The lowest BCUT2D eigenvalue weighted by molar-refractivity contribution is 0.245. The zero-order valence-corrected chi connectivity index (χ0v) is 23.2. The summed E-state index contributed by atoms with van der Waals surface area (Å²) < 4.78 is 46.8. The predicted molar refractivity (Wildman–Crippen MR) is 153 cm³/mol. The Kier molecular flexibility index (Phi) is 8.11. The summed E-state index contributed by atoms with van der Waals surface area (Å²) >= 11 is 0. The van der Waals surface area contributed by atoms with E-state index in [0.29, 0.717) is 37.6 Å². The molecule has 4 aromatic rings. The summed E-state index contributed by atoms with van der Waals surface area (Å²) in [7, 11) is -2.02. The number of aromatic nitrogens is 2. The maximum absolute atomic E-state index is 13.3. The number of benzene rings is 3. The van der Waals surface area contributed by atoms with Crippen molar-refractivity contribution in [2.45, 2.75) is 30.7 Å². The molecule has 10 heteroatoms. The molecule has 1 aliphatic heterocycles. The predicted octanol–water partition coefficient (Wildman–Crippen LogP) is 5.44. The van der Waals surface area contributed by atoms with Crippen LogP contribution in [0.25, 0.3) is 11.3 Å². The highest BCUT2D eigenvalue weighted by Crippen LogP contribution is 2.32. The molecule has 40 heavy (non-hydrogen) atoms. The third-order valence-corrected chi connectivity index (χ3v) is 9.28. The molecule has 0 aliphatic carbocycles. The van der Waals surface area contributed by atoms with Crippen LogP contribution < -0.4 is 15.8 Å². The van der Waals surface area contributed by atoms with Crippen LogP contribution in [0.1, 0.15) is 30.0 Å². The van der Waals surface area contributed by atoms with E-state index in [1.165, 1.54) is 16.4 Å². The number of halogens is 1. The van der Waals surface area contributed by atoms with Crippen LogP contribution in [0.5, 0.6) is 5.75 Å². The molecule has 1 fully saturated rings. The highest BCUT2D eigenvalue weighted by atomic mass is 32.2. The van der Waals surface area contributed by atoms with Gasteiger partial charge in [0.15, 0.2) is 0 Å². The summed E-state index contributed by atoms with van der Waals surface area (Å²) in [6.45, 7) is 2.74. The lowest BCUT2D eigenvalue weighted by Gasteiger charge is -2.34. The maximum Gasteiger partial charge on any atom is 0.243 e. The van der Waals surface area contributed by atoms with E-state index in [4.69, 9.17) is 10.5 Å². The van der Waals surface area contributed by atoms with Gasteiger partial charge in [0.1, 0.15) is 11.6 Å². The third kappa shape index (κ3) is 5.99. The summed E-state index contributed by atoms with van der Waals surface area (Å²) in [6.07, 6.45) is 2.94. The van der Waals surface area contributed by atoms with E-state index < -0.39 is 10.0 Å². The molecule has 8 nitrogen and oxygen atoms in total. The molecule has 1 aromatic heterocycles. The average molecular weight is 562 g/mol. The molecule has 208 valence electrons. The van der Waals surface area contributed by atoms with Gasteiger partial charge >= 0.3 is 0 Å². The van der Waals surface area contributed by atoms with Gasteiger partial charge in [-0.05, 0) is 85.3 Å². The van der Waals surface area contributed by atoms with E-state index in [9.17, 15) is 12.8 Å². The van der Waals surface area contributed by atoms with Crippen LogP contribution in [0, 0.1) is 18.7 Å². The first-order chi connectivity index (χ1) is 19.2. The molecule has 1 saturated heterocycles. The van der Waals surface area contributed by atoms with E-state index in [0.717, 1.165) is 28.1 Å². The third-order valence-electron chi connectivity index (χ3n) is 7.37. The van der Waals surface area contributed by atoms with E-state index in [-0.39, 0.29) is 22.7 Å². The van der Waals surface area contributed by atoms with Crippen molar-refractivity contribution in [3.05, 3.63) is 95.9 Å². The SMILES string of the molecule is COc1cc(-c2ccnc(Nc3ccc(S(=O)(=O)N4CCC(C(N)c5ccc(F)cc5)CC4)cc3)n2)ccc1C. The zero-order chi connectivity index (χ0) is 28.3. The quantitative estimate of drug-likeness (QED) is 0.295. The van der Waals surface area contributed by atoms with Crippen molar-refractivity contribution in [3.63, 3.8) is 0 Å². The van der Waals surface area contributed by atoms with Crippen molar-refractivity contribution in [1.29, 1.82) is 0 Å². The van der Waals surface area contributed by atoms with Crippen molar-refractivity contribution in [2.24, 2.45) is 11.7 Å². The number of aryl methyl sites for hydroxylation is 1. The fourth-order valence-electron chi connectivity index (χ4n) is 4.98. The summed E-state index contributed by atoms with van der Waals surface area (Å²) in [5.41, 5.74) is 10.6. The van der Waals surface area contributed by atoms with E-state index in [1.54, 1.807) is 49.7 Å². The summed E-state index contributed by atoms with van der Waals surface area (Å²) in [5.74, 6) is 0.997. The monoisotopic (exact) mass is 561 g/mol. The number of anilines is 2. The number of nitrogens with one attached hydrogen (secondary N) is 1. The molecular formula is C30H32FN5O3S. The van der Waals surface area contributed by atoms with Crippen LogP contribution in [0.15, 0.2) is 83.9 Å². The van der Waals surface area contributed by atoms with E-state index >= 15 is 0 Å². The number of piperidine rings is 1. The Morgan fingerprint density at radius 2 is 1.73 bits per heavy atom. The Bertz CT molecular complexity index is 1570. The fourth-order valence-corrected chi connectivity index (χ4v) is 6.45. The lowest BCUT2D eigenvalue weighted by atomic mass is 9.86. The van der Waals surface area contributed by atoms with Gasteiger partial charge in [0.25, 0.3) is 0 Å². The van der Waals surface area contributed by atoms with Crippen LogP contribution in [0.3, 0.4) is 0 Å². The topological polar surface area (TPSA) is 110 Å². The number of rotatable bonds is 8. The molecule has 0 spiro atoms. The van der Waals surface area contributed by atoms with Gasteiger partial charge in [-0.25, -0.2) is 22.8 Å². The van der Waals surface area contributed by atoms with Gasteiger partial charge in [0.05, 0.1) is 17.7 Å². The van der Waals surface area contributed by atoms with Gasteiger partial charge in [-0.1, -0.05) is 24.3 Å². The standard InChI is InChI=1S/C30H32FN5O3S/c1-20-3-4-23(19-28(20)39-2)27-13-16-33-30(35-27)34-25-9-11-26(12-10-25)40(37,38)36-17-14-22(15-18-36)29(32)21-5-7-24(31)8-6-21/h3-13,16,19,22,29H,14-15,17-18,32H2,1-2H3,(H,33,34,35). The van der Waals surface area contributed by atoms with Crippen molar-refractivity contribution in [2.75, 3.05) is 25.5 Å². The second-order valence-corrected chi connectivity index (χ2v) is 11.9. The second kappa shape index (κ2) is 11.7. The number of ether oxygens (including phenoxy) is 1. The number of nitrogens with two attached hydrogens (primary N) is 1. The van der Waals surface area contributed by atoms with Crippen molar-refractivity contribution >= 4 is 21.7 Å². The van der Waals surface area contributed by atoms with Gasteiger partial charge in [0.2, 0.25) is 16.0 Å². The first-order valence-electron chi connectivity index (χ1n) is 13.1. The van der Waals surface area contributed by atoms with Crippen LogP contribution in [0.2, 0.25) is 0 Å². The molecule has 1 unspecified atom stereocenters. The number of hydrogen-bond acceptors (Lipinski definition) is 7. The van der Waals surface area contributed by atoms with Crippen molar-refractivity contribution in [3.8, 4) is 17.0 Å². The minimum atomic E-state index is -3.65. The molecular weight excluding hydrogens is 529 g/mol. The molecule has 3 N–H and O–H groups in total. The molecule has 1 atom stereocenters. The maximum atomic E-state index is 13.3. The second-order valence-electron chi connectivity index (χ2n) is 9.92. The van der Waals surface area contributed by atoms with Gasteiger partial charge in [-0.2, -0.15) is 4.31 Å². The highest BCUT2D eigenvalue weighted by molar-refractivity contribution is 7.89. The molecule has 0 amide bonds. The highest BCUT2D eigenvalue weighted by Gasteiger charge is 2.32.